The molecule has 4 aromatic rings. The fourth-order valence-electron chi connectivity index (χ4n) is 3.05. The Morgan fingerprint density at radius 1 is 1.04 bits per heavy atom. The van der Waals surface area contributed by atoms with E-state index in [-0.39, 0.29) is 0 Å². The number of benzene rings is 2. The molecule has 0 fully saturated rings. The van der Waals surface area contributed by atoms with Gasteiger partial charge in [-0.25, -0.2) is 9.67 Å². The lowest BCUT2D eigenvalue weighted by molar-refractivity contribution is 0.863. The van der Waals surface area contributed by atoms with Gasteiger partial charge in [-0.15, -0.1) is 0 Å². The highest BCUT2D eigenvalue weighted by Crippen LogP contribution is 2.23. The molecular weight excluding hydrogens is 370 g/mol. The number of rotatable bonds is 4. The minimum atomic E-state index is 0.521. The number of pyridine rings is 1. The minimum Gasteiger partial charge on any atom is -0.261 e. The predicted molar refractivity (Wildman–Crippen MR) is 116 cm³/mol. The Bertz CT molecular complexity index is 1180. The van der Waals surface area contributed by atoms with E-state index in [2.05, 4.69) is 51.8 Å². The molecule has 140 valence electrons. The molecule has 0 aliphatic rings. The van der Waals surface area contributed by atoms with Crippen molar-refractivity contribution in [3.8, 4) is 5.69 Å². The summed E-state index contributed by atoms with van der Waals surface area (Å²) in [6.45, 7) is 5.98. The molecule has 2 aromatic heterocycles. The van der Waals surface area contributed by atoms with Crippen LogP contribution in [0, 0.1) is 20.8 Å². The molecule has 1 N–H and O–H groups in total. The Morgan fingerprint density at radius 3 is 2.61 bits per heavy atom. The summed E-state index contributed by atoms with van der Waals surface area (Å²) in [5, 5.41) is 10.5. The number of fused-ring (bicyclic) bond motifs is 1. The summed E-state index contributed by atoms with van der Waals surface area (Å²) in [6.07, 6.45) is 1.69. The third-order valence-electron chi connectivity index (χ3n) is 4.58. The average Bonchev–Trinajstić information content (AvgIpc) is 2.97. The highest BCUT2D eigenvalue weighted by atomic mass is 35.5. The van der Waals surface area contributed by atoms with E-state index in [1.54, 1.807) is 10.9 Å². The molecule has 0 amide bonds. The third-order valence-corrected chi connectivity index (χ3v) is 4.94. The van der Waals surface area contributed by atoms with Crippen LogP contribution in [0.25, 0.3) is 16.6 Å². The summed E-state index contributed by atoms with van der Waals surface area (Å²) in [7, 11) is 0. The Kier molecular flexibility index (Phi) is 4.84. The molecule has 0 bridgehead atoms. The first-order valence-electron chi connectivity index (χ1n) is 9.00. The molecule has 0 saturated heterocycles. The zero-order valence-corrected chi connectivity index (χ0v) is 16.7. The smallest absolute Gasteiger partial charge is 0.149 e. The zero-order chi connectivity index (χ0) is 19.7. The summed E-state index contributed by atoms with van der Waals surface area (Å²) < 4.78 is 1.71. The number of hydrazone groups is 1. The maximum Gasteiger partial charge on any atom is 0.149 e. The largest absolute Gasteiger partial charge is 0.261 e. The highest BCUT2D eigenvalue weighted by Gasteiger charge is 2.13. The third kappa shape index (κ3) is 3.49. The molecule has 5 nitrogen and oxygen atoms in total. The molecule has 0 saturated carbocycles. The summed E-state index contributed by atoms with van der Waals surface area (Å²) in [6, 6.07) is 18.1. The Balaban J connectivity index is 1.61. The number of nitrogens with one attached hydrogen (secondary N) is 1. The van der Waals surface area contributed by atoms with E-state index < -0.39 is 0 Å². The predicted octanol–water partition coefficient (Wildman–Crippen LogP) is 5.45. The second kappa shape index (κ2) is 7.44. The van der Waals surface area contributed by atoms with Crippen LogP contribution in [-0.2, 0) is 0 Å². The van der Waals surface area contributed by atoms with Crippen LogP contribution >= 0.6 is 11.6 Å². The average molecular weight is 390 g/mol. The normalized spacial score (nSPS) is 11.4. The second-order valence-electron chi connectivity index (χ2n) is 6.76. The monoisotopic (exact) mass is 389 g/mol. The number of hydrogen-bond acceptors (Lipinski definition) is 4. The van der Waals surface area contributed by atoms with E-state index in [1.165, 1.54) is 5.56 Å². The van der Waals surface area contributed by atoms with Gasteiger partial charge in [0.1, 0.15) is 11.0 Å². The number of aryl methyl sites for hydroxylation is 3. The van der Waals surface area contributed by atoms with Crippen molar-refractivity contribution < 1.29 is 0 Å². The van der Waals surface area contributed by atoms with E-state index in [9.17, 15) is 0 Å². The van der Waals surface area contributed by atoms with Gasteiger partial charge < -0.3 is 0 Å². The Labute approximate surface area is 168 Å². The van der Waals surface area contributed by atoms with Crippen molar-refractivity contribution in [2.75, 3.05) is 5.43 Å². The van der Waals surface area contributed by atoms with Crippen molar-refractivity contribution in [3.05, 3.63) is 82.1 Å². The van der Waals surface area contributed by atoms with Crippen LogP contribution in [0.2, 0.25) is 5.15 Å². The summed E-state index contributed by atoms with van der Waals surface area (Å²) in [5.41, 5.74) is 8.66. The maximum absolute atomic E-state index is 6.54. The SMILES string of the molecule is Cc1ccc2cc(C)c(NN=Cc3c(C)nn(-c4ccccc4)c3Cl)nc2c1. The van der Waals surface area contributed by atoms with Crippen LogP contribution in [-0.4, -0.2) is 21.0 Å². The van der Waals surface area contributed by atoms with Gasteiger partial charge in [0.25, 0.3) is 0 Å². The summed E-state index contributed by atoms with van der Waals surface area (Å²) >= 11 is 6.54. The van der Waals surface area contributed by atoms with Gasteiger partial charge in [-0.1, -0.05) is 41.9 Å². The van der Waals surface area contributed by atoms with E-state index in [0.29, 0.717) is 5.15 Å². The molecule has 0 radical (unpaired) electrons. The van der Waals surface area contributed by atoms with Crippen molar-refractivity contribution in [2.45, 2.75) is 20.8 Å². The molecule has 28 heavy (non-hydrogen) atoms. The first kappa shape index (κ1) is 18.2. The number of aromatic nitrogens is 3. The fraction of sp³-hybridized carbons (Fsp3) is 0.136. The van der Waals surface area contributed by atoms with Crippen LogP contribution in [0.1, 0.15) is 22.4 Å². The lowest BCUT2D eigenvalue weighted by atomic mass is 10.1. The first-order valence-corrected chi connectivity index (χ1v) is 9.38. The molecule has 2 aromatic carbocycles. The van der Waals surface area contributed by atoms with E-state index in [0.717, 1.165) is 39.2 Å². The molecule has 6 heteroatoms. The van der Waals surface area contributed by atoms with Gasteiger partial charge in [-0.05, 0) is 56.2 Å². The van der Waals surface area contributed by atoms with Crippen LogP contribution < -0.4 is 5.43 Å². The number of anilines is 1. The lowest BCUT2D eigenvalue weighted by Gasteiger charge is -2.07. The van der Waals surface area contributed by atoms with Crippen LogP contribution in [0.4, 0.5) is 5.82 Å². The maximum atomic E-state index is 6.54. The van der Waals surface area contributed by atoms with Crippen LogP contribution in [0.3, 0.4) is 0 Å². The van der Waals surface area contributed by atoms with Gasteiger partial charge in [0.2, 0.25) is 0 Å². The number of halogens is 1. The molecule has 0 atom stereocenters. The molecule has 0 spiro atoms. The van der Waals surface area contributed by atoms with Crippen molar-refractivity contribution in [1.29, 1.82) is 0 Å². The Hall–Kier alpha value is -3.18. The van der Waals surface area contributed by atoms with Crippen LogP contribution in [0.5, 0.6) is 0 Å². The minimum absolute atomic E-state index is 0.521. The lowest BCUT2D eigenvalue weighted by Crippen LogP contribution is -1.98. The van der Waals surface area contributed by atoms with Crippen molar-refractivity contribution in [1.82, 2.24) is 14.8 Å². The molecule has 4 rings (SSSR count). The molecule has 0 unspecified atom stereocenters. The molecular formula is C22H20ClN5. The number of nitrogens with zero attached hydrogens (tertiary/aromatic N) is 4. The van der Waals surface area contributed by atoms with Crippen molar-refractivity contribution in [3.63, 3.8) is 0 Å². The molecule has 0 aliphatic heterocycles. The summed E-state index contributed by atoms with van der Waals surface area (Å²) in [5.74, 6) is 0.721. The van der Waals surface area contributed by atoms with Crippen molar-refractivity contribution >= 4 is 34.5 Å². The first-order chi connectivity index (χ1) is 13.5. The van der Waals surface area contributed by atoms with E-state index in [4.69, 9.17) is 11.6 Å². The number of hydrogen-bond donors (Lipinski definition) is 1. The van der Waals surface area contributed by atoms with Crippen molar-refractivity contribution in [2.24, 2.45) is 5.10 Å². The zero-order valence-electron chi connectivity index (χ0n) is 15.9. The van der Waals surface area contributed by atoms with Gasteiger partial charge in [0.05, 0.1) is 28.7 Å². The number of para-hydroxylation sites is 1. The molecule has 0 aliphatic carbocycles. The summed E-state index contributed by atoms with van der Waals surface area (Å²) in [4.78, 5) is 4.69. The second-order valence-corrected chi connectivity index (χ2v) is 7.12. The van der Waals surface area contributed by atoms with Crippen LogP contribution in [0.15, 0.2) is 59.7 Å². The van der Waals surface area contributed by atoms with Gasteiger partial charge >= 0.3 is 0 Å². The fourth-order valence-corrected chi connectivity index (χ4v) is 3.37. The van der Waals surface area contributed by atoms with E-state index in [1.807, 2.05) is 44.2 Å². The quantitative estimate of drug-likeness (QED) is 0.373. The highest BCUT2D eigenvalue weighted by molar-refractivity contribution is 6.32. The topological polar surface area (TPSA) is 55.1 Å². The van der Waals surface area contributed by atoms with Gasteiger partial charge in [-0.2, -0.15) is 10.2 Å². The standard InChI is InChI=1S/C22H20ClN5/c1-14-9-10-17-12-15(2)22(25-20(17)11-14)26-24-13-19-16(3)27-28(21(19)23)18-7-5-4-6-8-18/h4-13H,1-3H3,(H,25,26). The van der Waals surface area contributed by atoms with Gasteiger partial charge in [0, 0.05) is 5.39 Å². The van der Waals surface area contributed by atoms with Gasteiger partial charge in [0.15, 0.2) is 0 Å². The Morgan fingerprint density at radius 2 is 1.82 bits per heavy atom. The molecule has 2 heterocycles. The van der Waals surface area contributed by atoms with Gasteiger partial charge in [-0.3, -0.25) is 5.43 Å². The van der Waals surface area contributed by atoms with E-state index >= 15 is 0 Å².